The summed E-state index contributed by atoms with van der Waals surface area (Å²) in [6, 6.07) is 16.5. The van der Waals surface area contributed by atoms with Crippen LogP contribution in [0.1, 0.15) is 30.5 Å². The molecule has 2 unspecified atom stereocenters. The predicted octanol–water partition coefficient (Wildman–Crippen LogP) is 5.70. The molecule has 32 heavy (non-hydrogen) atoms. The van der Waals surface area contributed by atoms with Gasteiger partial charge in [-0.25, -0.2) is 0 Å². The number of nitrogens with zero attached hydrogens (tertiary/aromatic N) is 1. The molecule has 2 atom stereocenters. The number of alkyl halides is 3. The smallest absolute Gasteiger partial charge is 0.416 e. The van der Waals surface area contributed by atoms with E-state index in [0.29, 0.717) is 5.75 Å². The Hall–Kier alpha value is -3.22. The lowest BCUT2D eigenvalue weighted by Gasteiger charge is -2.10. The van der Waals surface area contributed by atoms with Crippen molar-refractivity contribution in [3.05, 3.63) is 89.7 Å². The van der Waals surface area contributed by atoms with Gasteiger partial charge in [0.05, 0.1) is 5.56 Å². The van der Waals surface area contributed by atoms with E-state index >= 15 is 0 Å². The lowest BCUT2D eigenvalue weighted by molar-refractivity contribution is -0.150. The highest BCUT2D eigenvalue weighted by Crippen LogP contribution is 2.54. The third kappa shape index (κ3) is 4.82. The number of esters is 1. The van der Waals surface area contributed by atoms with Gasteiger partial charge in [-0.3, -0.25) is 4.79 Å². The topological polar surface area (TPSA) is 40.5 Å². The van der Waals surface area contributed by atoms with Crippen molar-refractivity contribution in [2.75, 3.05) is 0 Å². The Bertz CT molecular complexity index is 1070. The van der Waals surface area contributed by atoms with Gasteiger partial charge in [0.2, 0.25) is 0 Å². The second-order valence-electron chi connectivity index (χ2n) is 8.65. The summed E-state index contributed by atoms with van der Waals surface area (Å²) in [6.07, 6.45) is -0.261. The molecular weight excluding hydrogens is 419 g/mol. The molecule has 1 fully saturated rings. The maximum atomic E-state index is 12.7. The van der Waals surface area contributed by atoms with Crippen LogP contribution in [0.25, 0.3) is 0 Å². The van der Waals surface area contributed by atoms with Gasteiger partial charge in [-0.05, 0) is 47.9 Å². The Morgan fingerprint density at radius 2 is 1.69 bits per heavy atom. The number of benzene rings is 2. The Morgan fingerprint density at radius 3 is 2.34 bits per heavy atom. The average molecular weight is 443 g/mol. The first-order valence-electron chi connectivity index (χ1n) is 10.3. The van der Waals surface area contributed by atoms with Gasteiger partial charge in [-0.15, -0.1) is 0 Å². The Balaban J connectivity index is 1.31. The van der Waals surface area contributed by atoms with Crippen molar-refractivity contribution in [3.63, 3.8) is 0 Å². The average Bonchev–Trinajstić information content (AvgIpc) is 3.06. The van der Waals surface area contributed by atoms with Crippen LogP contribution in [0.5, 0.6) is 5.75 Å². The highest BCUT2D eigenvalue weighted by molar-refractivity contribution is 5.78. The van der Waals surface area contributed by atoms with E-state index in [9.17, 15) is 18.0 Å². The van der Waals surface area contributed by atoms with Gasteiger partial charge < -0.3 is 14.0 Å². The van der Waals surface area contributed by atoms with Crippen LogP contribution in [0.15, 0.2) is 73.1 Å². The number of hydrogen-bond acceptors (Lipinski definition) is 3. The van der Waals surface area contributed by atoms with E-state index in [1.54, 1.807) is 4.57 Å². The minimum atomic E-state index is -4.40. The summed E-state index contributed by atoms with van der Waals surface area (Å²) in [4.78, 5) is 12.6. The van der Waals surface area contributed by atoms with Crippen molar-refractivity contribution >= 4 is 5.97 Å². The third-order valence-electron chi connectivity index (χ3n) is 5.85. The second-order valence-corrected chi connectivity index (χ2v) is 8.65. The molecule has 1 aliphatic rings. The quantitative estimate of drug-likeness (QED) is 0.440. The van der Waals surface area contributed by atoms with Crippen LogP contribution >= 0.6 is 0 Å². The van der Waals surface area contributed by atoms with E-state index in [2.05, 4.69) is 12.1 Å². The first kappa shape index (κ1) is 22.0. The van der Waals surface area contributed by atoms with Gasteiger partial charge in [0.15, 0.2) is 6.73 Å². The van der Waals surface area contributed by atoms with Gasteiger partial charge >= 0.3 is 12.1 Å². The standard InChI is InChI=1S/C25H24F3NO3/c1-24(2)21(22(24)32-20-10-8-19(9-11-20)25(26,27)28)23(30)31-16-29-13-12-18(15-29)14-17-6-4-3-5-7-17/h3-13,15,21-22H,14,16H2,1-2H3. The number of rotatable bonds is 7. The highest BCUT2D eigenvalue weighted by atomic mass is 19.4. The number of ether oxygens (including phenoxy) is 2. The van der Waals surface area contributed by atoms with Gasteiger partial charge in [0, 0.05) is 17.8 Å². The van der Waals surface area contributed by atoms with Crippen molar-refractivity contribution in [3.8, 4) is 5.75 Å². The number of aromatic nitrogens is 1. The fraction of sp³-hybridized carbons (Fsp3) is 0.320. The van der Waals surface area contributed by atoms with E-state index < -0.39 is 29.2 Å². The summed E-state index contributed by atoms with van der Waals surface area (Å²) < 4.78 is 51.2. The maximum absolute atomic E-state index is 12.7. The van der Waals surface area contributed by atoms with Crippen LogP contribution in [-0.2, 0) is 28.9 Å². The Kier molecular flexibility index (Phi) is 5.75. The largest absolute Gasteiger partial charge is 0.489 e. The van der Waals surface area contributed by atoms with E-state index in [1.807, 2.05) is 50.5 Å². The number of hydrogen-bond donors (Lipinski definition) is 0. The molecule has 1 aliphatic carbocycles. The molecule has 0 radical (unpaired) electrons. The normalized spacial score (nSPS) is 19.4. The van der Waals surface area contributed by atoms with Crippen LogP contribution in [-0.4, -0.2) is 16.6 Å². The minimum absolute atomic E-state index is 0.0905. The van der Waals surface area contributed by atoms with Crippen LogP contribution < -0.4 is 4.74 Å². The second kappa shape index (κ2) is 8.37. The first-order chi connectivity index (χ1) is 15.1. The molecule has 1 aromatic heterocycles. The zero-order valence-corrected chi connectivity index (χ0v) is 17.8. The minimum Gasteiger partial charge on any atom is -0.489 e. The van der Waals surface area contributed by atoms with Crippen molar-refractivity contribution in [2.24, 2.45) is 11.3 Å². The maximum Gasteiger partial charge on any atom is 0.416 e. The van der Waals surface area contributed by atoms with E-state index in [-0.39, 0.29) is 12.7 Å². The number of carbonyl (C=O) groups excluding carboxylic acids is 1. The summed E-state index contributed by atoms with van der Waals surface area (Å²) in [5.41, 5.74) is 1.11. The highest BCUT2D eigenvalue weighted by Gasteiger charge is 2.65. The van der Waals surface area contributed by atoms with E-state index in [4.69, 9.17) is 9.47 Å². The molecule has 0 amide bonds. The number of carbonyl (C=O) groups is 1. The third-order valence-corrected chi connectivity index (χ3v) is 5.85. The molecule has 0 aliphatic heterocycles. The fourth-order valence-corrected chi connectivity index (χ4v) is 3.84. The van der Waals surface area contributed by atoms with Crippen LogP contribution in [0.4, 0.5) is 13.2 Å². The van der Waals surface area contributed by atoms with Crippen LogP contribution in [0.2, 0.25) is 0 Å². The predicted molar refractivity (Wildman–Crippen MR) is 113 cm³/mol. The van der Waals surface area contributed by atoms with Gasteiger partial charge in [-0.1, -0.05) is 44.2 Å². The van der Waals surface area contributed by atoms with Crippen molar-refractivity contribution in [2.45, 2.75) is 39.3 Å². The molecule has 0 saturated heterocycles. The van der Waals surface area contributed by atoms with Crippen LogP contribution in [0.3, 0.4) is 0 Å². The first-order valence-corrected chi connectivity index (χ1v) is 10.3. The molecule has 0 spiro atoms. The molecule has 4 rings (SSSR count). The SMILES string of the molecule is CC1(C)C(Oc2ccc(C(F)(F)F)cc2)C1C(=O)OCn1ccc(Cc2ccccc2)c1. The Labute approximate surface area is 184 Å². The van der Waals surface area contributed by atoms with Crippen molar-refractivity contribution in [1.82, 2.24) is 4.57 Å². The van der Waals surface area contributed by atoms with Crippen LogP contribution in [0, 0.1) is 11.3 Å². The summed E-state index contributed by atoms with van der Waals surface area (Å²) in [6.45, 7) is 3.84. The zero-order chi connectivity index (χ0) is 22.9. The molecule has 168 valence electrons. The molecule has 3 aromatic rings. The Morgan fingerprint density at radius 1 is 1.00 bits per heavy atom. The summed E-state index contributed by atoms with van der Waals surface area (Å²) in [7, 11) is 0. The molecule has 7 heteroatoms. The molecule has 0 bridgehead atoms. The fourth-order valence-electron chi connectivity index (χ4n) is 3.84. The van der Waals surface area contributed by atoms with E-state index in [0.717, 1.165) is 24.1 Å². The summed E-state index contributed by atoms with van der Waals surface area (Å²) >= 11 is 0. The molecule has 0 N–H and O–H groups in total. The lowest BCUT2D eigenvalue weighted by Crippen LogP contribution is -2.14. The molecule has 2 aromatic carbocycles. The lowest BCUT2D eigenvalue weighted by atomic mass is 10.1. The number of halogens is 3. The van der Waals surface area contributed by atoms with Crippen molar-refractivity contribution < 1.29 is 27.4 Å². The molecule has 1 heterocycles. The monoisotopic (exact) mass is 443 g/mol. The molecular formula is C25H24F3NO3. The zero-order valence-electron chi connectivity index (χ0n) is 17.8. The molecule has 1 saturated carbocycles. The molecule has 4 nitrogen and oxygen atoms in total. The van der Waals surface area contributed by atoms with Gasteiger partial charge in [0.25, 0.3) is 0 Å². The van der Waals surface area contributed by atoms with E-state index in [1.165, 1.54) is 17.7 Å². The van der Waals surface area contributed by atoms with Gasteiger partial charge in [-0.2, -0.15) is 13.2 Å². The summed E-state index contributed by atoms with van der Waals surface area (Å²) in [5.74, 6) is -0.572. The van der Waals surface area contributed by atoms with Gasteiger partial charge in [0.1, 0.15) is 17.8 Å². The van der Waals surface area contributed by atoms with Crippen molar-refractivity contribution in [1.29, 1.82) is 0 Å². The summed E-state index contributed by atoms with van der Waals surface area (Å²) in [5, 5.41) is 0.